The van der Waals surface area contributed by atoms with Crippen LogP contribution in [0.25, 0.3) is 0 Å². The van der Waals surface area contributed by atoms with Gasteiger partial charge in [0.1, 0.15) is 12.2 Å². The SMILES string of the molecule is CCc1nncn1CCNC(=NC)NC(C)CCc1ccccc1. The number of hydrogen-bond donors (Lipinski definition) is 2. The molecule has 0 radical (unpaired) electrons. The predicted molar refractivity (Wildman–Crippen MR) is 98.1 cm³/mol. The third kappa shape index (κ3) is 5.68. The monoisotopic (exact) mass is 328 g/mol. The zero-order valence-corrected chi connectivity index (χ0v) is 14.9. The van der Waals surface area contributed by atoms with Gasteiger partial charge in [-0.2, -0.15) is 0 Å². The van der Waals surface area contributed by atoms with Crippen LogP contribution in [0.2, 0.25) is 0 Å². The Morgan fingerprint density at radius 3 is 2.79 bits per heavy atom. The van der Waals surface area contributed by atoms with Crippen LogP contribution in [-0.4, -0.2) is 40.4 Å². The molecule has 0 fully saturated rings. The van der Waals surface area contributed by atoms with Gasteiger partial charge in [-0.1, -0.05) is 37.3 Å². The van der Waals surface area contributed by atoms with Crippen LogP contribution in [0, 0.1) is 0 Å². The number of nitrogens with zero attached hydrogens (tertiary/aromatic N) is 4. The number of aryl methyl sites for hydroxylation is 2. The van der Waals surface area contributed by atoms with Crippen LogP contribution in [0.3, 0.4) is 0 Å². The minimum Gasteiger partial charge on any atom is -0.355 e. The summed E-state index contributed by atoms with van der Waals surface area (Å²) in [5.74, 6) is 1.85. The molecule has 24 heavy (non-hydrogen) atoms. The number of aromatic nitrogens is 3. The second kappa shape index (κ2) is 9.70. The van der Waals surface area contributed by atoms with Crippen molar-refractivity contribution in [3.63, 3.8) is 0 Å². The molecular formula is C18H28N6. The lowest BCUT2D eigenvalue weighted by molar-refractivity contribution is 0.581. The maximum absolute atomic E-state index is 4.30. The first-order chi connectivity index (χ1) is 11.7. The van der Waals surface area contributed by atoms with Crippen LogP contribution < -0.4 is 10.6 Å². The zero-order valence-electron chi connectivity index (χ0n) is 14.9. The summed E-state index contributed by atoms with van der Waals surface area (Å²) < 4.78 is 2.07. The van der Waals surface area contributed by atoms with Gasteiger partial charge in [0.05, 0.1) is 0 Å². The van der Waals surface area contributed by atoms with E-state index in [4.69, 9.17) is 0 Å². The minimum absolute atomic E-state index is 0.359. The van der Waals surface area contributed by atoms with Gasteiger partial charge in [0.25, 0.3) is 0 Å². The van der Waals surface area contributed by atoms with E-state index in [0.29, 0.717) is 6.04 Å². The van der Waals surface area contributed by atoms with Crippen LogP contribution in [0.4, 0.5) is 0 Å². The van der Waals surface area contributed by atoms with Crippen molar-refractivity contribution in [2.45, 2.75) is 45.7 Å². The van der Waals surface area contributed by atoms with Crippen molar-refractivity contribution in [2.75, 3.05) is 13.6 Å². The largest absolute Gasteiger partial charge is 0.355 e. The summed E-state index contributed by atoms with van der Waals surface area (Å²) >= 11 is 0. The van der Waals surface area contributed by atoms with Gasteiger partial charge in [-0.25, -0.2) is 0 Å². The molecule has 0 saturated heterocycles. The van der Waals surface area contributed by atoms with Gasteiger partial charge < -0.3 is 15.2 Å². The van der Waals surface area contributed by atoms with Crippen LogP contribution in [0.5, 0.6) is 0 Å². The summed E-state index contributed by atoms with van der Waals surface area (Å²) in [6, 6.07) is 10.9. The van der Waals surface area contributed by atoms with Crippen LogP contribution in [0.15, 0.2) is 41.7 Å². The van der Waals surface area contributed by atoms with E-state index in [1.165, 1.54) is 5.56 Å². The lowest BCUT2D eigenvalue weighted by Crippen LogP contribution is -2.43. The van der Waals surface area contributed by atoms with E-state index in [0.717, 1.165) is 44.1 Å². The Morgan fingerprint density at radius 2 is 2.08 bits per heavy atom. The fraction of sp³-hybridized carbons (Fsp3) is 0.500. The number of hydrogen-bond acceptors (Lipinski definition) is 3. The molecule has 6 nitrogen and oxygen atoms in total. The van der Waals surface area contributed by atoms with Crippen molar-refractivity contribution in [1.29, 1.82) is 0 Å². The van der Waals surface area contributed by atoms with Crippen molar-refractivity contribution < 1.29 is 0 Å². The average Bonchev–Trinajstić information content (AvgIpc) is 3.07. The molecular weight excluding hydrogens is 300 g/mol. The fourth-order valence-corrected chi connectivity index (χ4v) is 2.56. The standard InChI is InChI=1S/C18H28N6/c1-4-17-23-21-14-24(17)13-12-20-18(19-3)22-15(2)10-11-16-8-6-5-7-9-16/h5-9,14-15H,4,10-13H2,1-3H3,(H2,19,20,22). The fourth-order valence-electron chi connectivity index (χ4n) is 2.56. The molecule has 130 valence electrons. The summed E-state index contributed by atoms with van der Waals surface area (Å²) in [5.41, 5.74) is 1.37. The first-order valence-corrected chi connectivity index (χ1v) is 8.60. The summed E-state index contributed by atoms with van der Waals surface area (Å²) in [6.45, 7) is 5.89. The summed E-state index contributed by atoms with van der Waals surface area (Å²) in [4.78, 5) is 4.30. The van der Waals surface area contributed by atoms with Gasteiger partial charge in [0, 0.05) is 32.6 Å². The van der Waals surface area contributed by atoms with Crippen LogP contribution in [0.1, 0.15) is 31.7 Å². The second-order valence-corrected chi connectivity index (χ2v) is 5.86. The van der Waals surface area contributed by atoms with Crippen molar-refractivity contribution >= 4 is 5.96 Å². The first-order valence-electron chi connectivity index (χ1n) is 8.60. The van der Waals surface area contributed by atoms with Crippen LogP contribution >= 0.6 is 0 Å². The van der Waals surface area contributed by atoms with E-state index in [9.17, 15) is 0 Å². The van der Waals surface area contributed by atoms with E-state index in [2.05, 4.69) is 74.6 Å². The predicted octanol–water partition coefficient (Wildman–Crippen LogP) is 2.03. The van der Waals surface area contributed by atoms with E-state index in [1.807, 2.05) is 0 Å². The molecule has 1 heterocycles. The molecule has 1 atom stereocenters. The molecule has 0 aliphatic heterocycles. The third-order valence-electron chi connectivity index (χ3n) is 3.97. The number of rotatable bonds is 8. The highest BCUT2D eigenvalue weighted by Gasteiger charge is 2.06. The minimum atomic E-state index is 0.359. The maximum atomic E-state index is 4.30. The second-order valence-electron chi connectivity index (χ2n) is 5.86. The Hall–Kier alpha value is -2.37. The molecule has 2 rings (SSSR count). The topological polar surface area (TPSA) is 67.1 Å². The Balaban J connectivity index is 1.71. The molecule has 0 saturated carbocycles. The maximum Gasteiger partial charge on any atom is 0.191 e. The van der Waals surface area contributed by atoms with Gasteiger partial charge >= 0.3 is 0 Å². The number of aliphatic imine (C=N–C) groups is 1. The van der Waals surface area contributed by atoms with Crippen LogP contribution in [-0.2, 0) is 19.4 Å². The smallest absolute Gasteiger partial charge is 0.191 e. The Kier molecular flexibility index (Phi) is 7.26. The molecule has 0 aliphatic carbocycles. The van der Waals surface area contributed by atoms with E-state index < -0.39 is 0 Å². The lowest BCUT2D eigenvalue weighted by Gasteiger charge is -2.18. The average molecular weight is 328 g/mol. The highest BCUT2D eigenvalue weighted by atomic mass is 15.3. The molecule has 0 amide bonds. The van der Waals surface area contributed by atoms with Crippen molar-refractivity contribution in [3.8, 4) is 0 Å². The van der Waals surface area contributed by atoms with Gasteiger partial charge in [-0.05, 0) is 25.3 Å². The molecule has 6 heteroatoms. The van der Waals surface area contributed by atoms with E-state index in [1.54, 1.807) is 13.4 Å². The van der Waals surface area contributed by atoms with Gasteiger partial charge in [0.2, 0.25) is 0 Å². The number of benzene rings is 1. The molecule has 0 spiro atoms. The highest BCUT2D eigenvalue weighted by molar-refractivity contribution is 5.79. The van der Waals surface area contributed by atoms with Gasteiger partial charge in [-0.15, -0.1) is 10.2 Å². The summed E-state index contributed by atoms with van der Waals surface area (Å²) in [6.07, 6.45) is 4.80. The number of nitrogens with one attached hydrogen (secondary N) is 2. The van der Waals surface area contributed by atoms with Crippen molar-refractivity contribution in [1.82, 2.24) is 25.4 Å². The summed E-state index contributed by atoms with van der Waals surface area (Å²) in [5, 5.41) is 14.8. The highest BCUT2D eigenvalue weighted by Crippen LogP contribution is 2.04. The molecule has 1 aromatic heterocycles. The first kappa shape index (κ1) is 18.0. The molecule has 1 aromatic carbocycles. The molecule has 0 bridgehead atoms. The van der Waals surface area contributed by atoms with E-state index in [-0.39, 0.29) is 0 Å². The number of guanidine groups is 1. The third-order valence-corrected chi connectivity index (χ3v) is 3.97. The summed E-state index contributed by atoms with van der Waals surface area (Å²) in [7, 11) is 1.80. The zero-order chi connectivity index (χ0) is 17.2. The lowest BCUT2D eigenvalue weighted by atomic mass is 10.1. The molecule has 2 aromatic rings. The van der Waals surface area contributed by atoms with E-state index >= 15 is 0 Å². The quantitative estimate of drug-likeness (QED) is 0.575. The Bertz CT molecular complexity index is 619. The van der Waals surface area contributed by atoms with Gasteiger partial charge in [0.15, 0.2) is 5.96 Å². The molecule has 2 N–H and O–H groups in total. The normalized spacial score (nSPS) is 12.9. The van der Waals surface area contributed by atoms with Gasteiger partial charge in [-0.3, -0.25) is 4.99 Å². The Morgan fingerprint density at radius 1 is 1.29 bits per heavy atom. The Labute approximate surface area is 144 Å². The molecule has 1 unspecified atom stereocenters. The van der Waals surface area contributed by atoms with Crippen molar-refractivity contribution in [2.24, 2.45) is 4.99 Å². The molecule has 0 aliphatic rings. The van der Waals surface area contributed by atoms with Crippen molar-refractivity contribution in [3.05, 3.63) is 48.0 Å².